The molecule has 0 unspecified atom stereocenters. The fourth-order valence-corrected chi connectivity index (χ4v) is 2.73. The molecule has 2 aromatic rings. The quantitative estimate of drug-likeness (QED) is 0.736. The van der Waals surface area contributed by atoms with Crippen LogP contribution in [0.3, 0.4) is 0 Å². The molecule has 0 aromatic carbocycles. The highest BCUT2D eigenvalue weighted by molar-refractivity contribution is 7.14. The number of thiophene rings is 1. The van der Waals surface area contributed by atoms with Gasteiger partial charge in [-0.25, -0.2) is 9.97 Å². The number of hydrogen-bond donors (Lipinski definition) is 1. The number of rotatable bonds is 0. The lowest BCUT2D eigenvalue weighted by Gasteiger charge is -2.03. The van der Waals surface area contributed by atoms with Crippen molar-refractivity contribution in [2.24, 2.45) is 0 Å². The maximum atomic E-state index is 4.55. The number of fused-ring (bicyclic) bond motifs is 3. The molecule has 0 aliphatic carbocycles. The van der Waals surface area contributed by atoms with E-state index >= 15 is 0 Å². The molecule has 15 heavy (non-hydrogen) atoms. The predicted octanol–water partition coefficient (Wildman–Crippen LogP) is 2.48. The topological polar surface area (TPSA) is 37.8 Å². The SMILES string of the molecule is Cc1ncc2c(n1)-c1sccc1NCC2. The van der Waals surface area contributed by atoms with Gasteiger partial charge in [-0.3, -0.25) is 0 Å². The number of aryl methyl sites for hydroxylation is 1. The number of nitrogens with one attached hydrogen (secondary N) is 1. The van der Waals surface area contributed by atoms with Gasteiger partial charge in [-0.1, -0.05) is 0 Å². The van der Waals surface area contributed by atoms with Gasteiger partial charge in [0.05, 0.1) is 16.3 Å². The van der Waals surface area contributed by atoms with E-state index in [0.29, 0.717) is 0 Å². The average Bonchev–Trinajstić information content (AvgIpc) is 2.62. The van der Waals surface area contributed by atoms with Crippen LogP contribution in [-0.4, -0.2) is 16.5 Å². The Bertz CT molecular complexity index is 504. The summed E-state index contributed by atoms with van der Waals surface area (Å²) in [6.45, 7) is 2.90. The van der Waals surface area contributed by atoms with Crippen molar-refractivity contribution in [3.05, 3.63) is 29.0 Å². The van der Waals surface area contributed by atoms with E-state index in [-0.39, 0.29) is 0 Å². The number of hydrogen-bond acceptors (Lipinski definition) is 4. The molecule has 0 saturated carbocycles. The Morgan fingerprint density at radius 1 is 1.47 bits per heavy atom. The van der Waals surface area contributed by atoms with Gasteiger partial charge in [-0.2, -0.15) is 0 Å². The van der Waals surface area contributed by atoms with Gasteiger partial charge < -0.3 is 5.32 Å². The van der Waals surface area contributed by atoms with Gasteiger partial charge >= 0.3 is 0 Å². The lowest BCUT2D eigenvalue weighted by Crippen LogP contribution is -2.02. The minimum absolute atomic E-state index is 0.843. The summed E-state index contributed by atoms with van der Waals surface area (Å²) in [5.74, 6) is 0.843. The van der Waals surface area contributed by atoms with Crippen LogP contribution in [-0.2, 0) is 6.42 Å². The number of aromatic nitrogens is 2. The summed E-state index contributed by atoms with van der Waals surface area (Å²) < 4.78 is 0. The maximum absolute atomic E-state index is 4.55. The van der Waals surface area contributed by atoms with Crippen molar-refractivity contribution in [3.63, 3.8) is 0 Å². The van der Waals surface area contributed by atoms with E-state index in [4.69, 9.17) is 0 Å². The van der Waals surface area contributed by atoms with E-state index in [9.17, 15) is 0 Å². The van der Waals surface area contributed by atoms with Crippen LogP contribution < -0.4 is 5.32 Å². The molecular formula is C11H11N3S. The smallest absolute Gasteiger partial charge is 0.125 e. The van der Waals surface area contributed by atoms with Crippen LogP contribution >= 0.6 is 11.3 Å². The summed E-state index contributed by atoms with van der Waals surface area (Å²) in [5.41, 5.74) is 3.56. The van der Waals surface area contributed by atoms with Gasteiger partial charge in [0, 0.05) is 12.7 Å². The molecular weight excluding hydrogens is 206 g/mol. The average molecular weight is 217 g/mol. The van der Waals surface area contributed by atoms with Gasteiger partial charge in [-0.05, 0) is 30.4 Å². The molecule has 4 heteroatoms. The van der Waals surface area contributed by atoms with Gasteiger partial charge in [-0.15, -0.1) is 11.3 Å². The molecule has 0 bridgehead atoms. The standard InChI is InChI=1S/C11H11N3S/c1-7-13-6-8-2-4-12-9-3-5-15-11(9)10(8)14-7/h3,5-6,12H,2,4H2,1H3. The van der Waals surface area contributed by atoms with E-state index in [1.807, 2.05) is 13.1 Å². The highest BCUT2D eigenvalue weighted by Gasteiger charge is 2.16. The van der Waals surface area contributed by atoms with E-state index in [2.05, 4.69) is 26.7 Å². The van der Waals surface area contributed by atoms with E-state index in [1.165, 1.54) is 16.1 Å². The molecule has 2 aromatic heterocycles. The van der Waals surface area contributed by atoms with Crippen LogP contribution in [0.1, 0.15) is 11.4 Å². The van der Waals surface area contributed by atoms with Gasteiger partial charge in [0.1, 0.15) is 5.82 Å². The molecule has 76 valence electrons. The highest BCUT2D eigenvalue weighted by Crippen LogP contribution is 2.36. The second-order valence-electron chi connectivity index (χ2n) is 3.63. The van der Waals surface area contributed by atoms with E-state index in [0.717, 1.165) is 24.5 Å². The van der Waals surface area contributed by atoms with Gasteiger partial charge in [0.2, 0.25) is 0 Å². The fraction of sp³-hybridized carbons (Fsp3) is 0.273. The zero-order valence-corrected chi connectivity index (χ0v) is 9.27. The first kappa shape index (κ1) is 8.85. The third-order valence-electron chi connectivity index (χ3n) is 2.58. The first-order valence-electron chi connectivity index (χ1n) is 4.99. The van der Waals surface area contributed by atoms with E-state index in [1.54, 1.807) is 11.3 Å². The zero-order chi connectivity index (χ0) is 10.3. The third-order valence-corrected chi connectivity index (χ3v) is 3.50. The molecule has 3 rings (SSSR count). The molecule has 0 atom stereocenters. The molecule has 0 fully saturated rings. The van der Waals surface area contributed by atoms with Crippen molar-refractivity contribution in [1.82, 2.24) is 9.97 Å². The molecule has 3 nitrogen and oxygen atoms in total. The Kier molecular flexibility index (Phi) is 1.95. The first-order valence-corrected chi connectivity index (χ1v) is 5.87. The Hall–Kier alpha value is -1.42. The van der Waals surface area contributed by atoms with Crippen molar-refractivity contribution in [2.75, 3.05) is 11.9 Å². The minimum atomic E-state index is 0.843. The summed E-state index contributed by atoms with van der Waals surface area (Å²) in [7, 11) is 0. The second kappa shape index (κ2) is 3.31. The minimum Gasteiger partial charge on any atom is -0.383 e. The van der Waals surface area contributed by atoms with Crippen LogP contribution in [0.5, 0.6) is 0 Å². The number of anilines is 1. The Morgan fingerprint density at radius 3 is 3.33 bits per heavy atom. The summed E-state index contributed by atoms with van der Waals surface area (Å²) in [6.07, 6.45) is 2.95. The highest BCUT2D eigenvalue weighted by atomic mass is 32.1. The molecule has 1 N–H and O–H groups in total. The number of nitrogens with zero attached hydrogens (tertiary/aromatic N) is 2. The van der Waals surface area contributed by atoms with Crippen molar-refractivity contribution >= 4 is 17.0 Å². The summed E-state index contributed by atoms with van der Waals surface area (Å²) in [4.78, 5) is 10.0. The fourth-order valence-electron chi connectivity index (χ4n) is 1.84. The first-order chi connectivity index (χ1) is 7.34. The largest absolute Gasteiger partial charge is 0.383 e. The van der Waals surface area contributed by atoms with Crippen molar-refractivity contribution in [3.8, 4) is 10.6 Å². The normalized spacial score (nSPS) is 13.7. The van der Waals surface area contributed by atoms with Crippen molar-refractivity contribution < 1.29 is 0 Å². The van der Waals surface area contributed by atoms with Crippen LogP contribution in [0, 0.1) is 6.92 Å². The lowest BCUT2D eigenvalue weighted by atomic mass is 10.1. The van der Waals surface area contributed by atoms with Crippen LogP contribution in [0.25, 0.3) is 10.6 Å². The molecule has 0 radical (unpaired) electrons. The maximum Gasteiger partial charge on any atom is 0.125 e. The Labute approximate surface area is 92.2 Å². The van der Waals surface area contributed by atoms with Crippen LogP contribution in [0.2, 0.25) is 0 Å². The molecule has 3 heterocycles. The van der Waals surface area contributed by atoms with Crippen LogP contribution in [0.15, 0.2) is 17.6 Å². The molecule has 1 aliphatic rings. The Morgan fingerprint density at radius 2 is 2.40 bits per heavy atom. The summed E-state index contributed by atoms with van der Waals surface area (Å²) in [6, 6.07) is 2.12. The van der Waals surface area contributed by atoms with Gasteiger partial charge in [0.25, 0.3) is 0 Å². The molecule has 0 spiro atoms. The van der Waals surface area contributed by atoms with Crippen molar-refractivity contribution in [1.29, 1.82) is 0 Å². The molecule has 0 amide bonds. The lowest BCUT2D eigenvalue weighted by molar-refractivity contribution is 0.972. The van der Waals surface area contributed by atoms with Crippen LogP contribution in [0.4, 0.5) is 5.69 Å². The zero-order valence-electron chi connectivity index (χ0n) is 8.45. The molecule has 0 saturated heterocycles. The monoisotopic (exact) mass is 217 g/mol. The summed E-state index contributed by atoms with van der Waals surface area (Å²) >= 11 is 1.74. The predicted molar refractivity (Wildman–Crippen MR) is 62.3 cm³/mol. The Balaban J connectivity index is 2.27. The van der Waals surface area contributed by atoms with E-state index < -0.39 is 0 Å². The third kappa shape index (κ3) is 1.41. The van der Waals surface area contributed by atoms with Crippen molar-refractivity contribution in [2.45, 2.75) is 13.3 Å². The molecule has 1 aliphatic heterocycles. The van der Waals surface area contributed by atoms with Gasteiger partial charge in [0.15, 0.2) is 0 Å². The second-order valence-corrected chi connectivity index (χ2v) is 4.55. The summed E-state index contributed by atoms with van der Waals surface area (Å²) in [5, 5.41) is 5.52.